The summed E-state index contributed by atoms with van der Waals surface area (Å²) >= 11 is 5.34. The van der Waals surface area contributed by atoms with E-state index in [-0.39, 0.29) is 11.9 Å². The maximum Gasteiger partial charge on any atom is 0.240 e. The summed E-state index contributed by atoms with van der Waals surface area (Å²) in [4.78, 5) is 13.2. The number of nitrogens with two attached hydrogens (primary N) is 1. The Balaban J connectivity index is 1.89. The van der Waals surface area contributed by atoms with Crippen molar-refractivity contribution in [1.29, 1.82) is 0 Å². The molecule has 1 atom stereocenters. The first-order valence-electron chi connectivity index (χ1n) is 6.58. The lowest BCUT2D eigenvalue weighted by Gasteiger charge is -2.25. The van der Waals surface area contributed by atoms with Crippen molar-refractivity contribution in [2.45, 2.75) is 25.4 Å². The van der Waals surface area contributed by atoms with Crippen LogP contribution in [0.15, 0.2) is 24.3 Å². The molecule has 0 unspecified atom stereocenters. The van der Waals surface area contributed by atoms with Gasteiger partial charge in [-0.3, -0.25) is 4.79 Å². The molecule has 1 saturated heterocycles. The van der Waals surface area contributed by atoms with Crippen LogP contribution in [0.1, 0.15) is 18.4 Å². The van der Waals surface area contributed by atoms with Gasteiger partial charge in [0.1, 0.15) is 11.8 Å². The Morgan fingerprint density at radius 2 is 2.20 bits per heavy atom. The molecule has 108 valence electrons. The number of benzene rings is 1. The first-order valence-corrected chi connectivity index (χ1v) is 6.99. The van der Waals surface area contributed by atoms with Crippen LogP contribution in [0, 0.1) is 0 Å². The van der Waals surface area contributed by atoms with Crippen LogP contribution in [0.5, 0.6) is 5.75 Å². The van der Waals surface area contributed by atoms with E-state index in [9.17, 15) is 4.79 Å². The minimum atomic E-state index is -0.309. The van der Waals surface area contributed by atoms with Crippen molar-refractivity contribution >= 4 is 23.2 Å². The molecular formula is C14H19N3O2S. The predicted octanol–water partition coefficient (Wildman–Crippen LogP) is 1.02. The number of primary amides is 1. The number of nitrogens with zero attached hydrogens (tertiary/aromatic N) is 1. The molecule has 0 radical (unpaired) electrons. The molecule has 1 heterocycles. The van der Waals surface area contributed by atoms with Gasteiger partial charge in [-0.1, -0.05) is 12.1 Å². The third kappa shape index (κ3) is 3.39. The van der Waals surface area contributed by atoms with Crippen LogP contribution in [0.4, 0.5) is 0 Å². The van der Waals surface area contributed by atoms with Gasteiger partial charge in [-0.25, -0.2) is 0 Å². The lowest BCUT2D eigenvalue weighted by Crippen LogP contribution is -2.47. The van der Waals surface area contributed by atoms with E-state index < -0.39 is 0 Å². The molecule has 6 heteroatoms. The fourth-order valence-electron chi connectivity index (χ4n) is 2.33. The number of ether oxygens (including phenoxy) is 1. The minimum absolute atomic E-state index is 0.272. The van der Waals surface area contributed by atoms with Gasteiger partial charge in [0, 0.05) is 13.1 Å². The van der Waals surface area contributed by atoms with Crippen molar-refractivity contribution < 1.29 is 9.53 Å². The van der Waals surface area contributed by atoms with Gasteiger partial charge in [-0.15, -0.1) is 0 Å². The maximum absolute atomic E-state index is 11.3. The van der Waals surface area contributed by atoms with Gasteiger partial charge in [-0.05, 0) is 42.8 Å². The van der Waals surface area contributed by atoms with Crippen molar-refractivity contribution in [2.24, 2.45) is 5.73 Å². The summed E-state index contributed by atoms with van der Waals surface area (Å²) in [6.45, 7) is 1.40. The second-order valence-corrected chi connectivity index (χ2v) is 5.15. The average molecular weight is 293 g/mol. The Hall–Kier alpha value is -1.82. The first-order chi connectivity index (χ1) is 9.61. The van der Waals surface area contributed by atoms with E-state index in [2.05, 4.69) is 5.32 Å². The Bertz CT molecular complexity index is 490. The monoisotopic (exact) mass is 293 g/mol. The smallest absolute Gasteiger partial charge is 0.240 e. The van der Waals surface area contributed by atoms with Crippen LogP contribution in [-0.2, 0) is 11.3 Å². The lowest BCUT2D eigenvalue weighted by atomic mass is 10.2. The summed E-state index contributed by atoms with van der Waals surface area (Å²) in [6, 6.07) is 7.49. The number of nitrogens with one attached hydrogen (secondary N) is 1. The molecule has 0 aliphatic carbocycles. The molecule has 2 rings (SSSR count). The van der Waals surface area contributed by atoms with Crippen molar-refractivity contribution in [2.75, 3.05) is 13.7 Å². The molecule has 20 heavy (non-hydrogen) atoms. The quantitative estimate of drug-likeness (QED) is 0.811. The fraction of sp³-hybridized carbons (Fsp3) is 0.429. The molecule has 1 fully saturated rings. The SMILES string of the molecule is COc1ccc(CNC(=S)N2CCC[C@@H]2C(N)=O)cc1. The summed E-state index contributed by atoms with van der Waals surface area (Å²) in [5.41, 5.74) is 6.48. The molecule has 0 aromatic heterocycles. The van der Waals surface area contributed by atoms with E-state index in [1.807, 2.05) is 29.2 Å². The Morgan fingerprint density at radius 3 is 2.80 bits per heavy atom. The fourth-order valence-corrected chi connectivity index (χ4v) is 2.62. The molecule has 0 spiro atoms. The third-order valence-corrected chi connectivity index (χ3v) is 3.82. The van der Waals surface area contributed by atoms with Crippen molar-refractivity contribution in [3.63, 3.8) is 0 Å². The number of carbonyl (C=O) groups is 1. The van der Waals surface area contributed by atoms with Crippen LogP contribution in [0.25, 0.3) is 0 Å². The molecule has 0 saturated carbocycles. The molecule has 5 nitrogen and oxygen atoms in total. The first kappa shape index (κ1) is 14.6. The van der Waals surface area contributed by atoms with Gasteiger partial charge in [0.2, 0.25) is 5.91 Å². The predicted molar refractivity (Wildman–Crippen MR) is 81.4 cm³/mol. The molecule has 1 aliphatic rings. The van der Waals surface area contributed by atoms with E-state index >= 15 is 0 Å². The second kappa shape index (κ2) is 6.56. The zero-order valence-electron chi connectivity index (χ0n) is 11.5. The second-order valence-electron chi connectivity index (χ2n) is 4.76. The molecule has 1 aromatic rings. The summed E-state index contributed by atoms with van der Waals surface area (Å²) < 4.78 is 5.11. The largest absolute Gasteiger partial charge is 0.497 e. The van der Waals surface area contributed by atoms with Gasteiger partial charge in [0.25, 0.3) is 0 Å². The summed E-state index contributed by atoms with van der Waals surface area (Å²) in [6.07, 6.45) is 1.72. The number of rotatable bonds is 4. The normalized spacial score (nSPS) is 17.9. The molecule has 0 bridgehead atoms. The Kier molecular flexibility index (Phi) is 4.79. The van der Waals surface area contributed by atoms with Crippen LogP contribution >= 0.6 is 12.2 Å². The highest BCUT2D eigenvalue weighted by Gasteiger charge is 2.30. The molecule has 3 N–H and O–H groups in total. The number of carbonyl (C=O) groups excluding carboxylic acids is 1. The minimum Gasteiger partial charge on any atom is -0.497 e. The van der Waals surface area contributed by atoms with Crippen LogP contribution in [-0.4, -0.2) is 35.6 Å². The highest BCUT2D eigenvalue weighted by Crippen LogP contribution is 2.17. The van der Waals surface area contributed by atoms with Crippen molar-refractivity contribution in [3.8, 4) is 5.75 Å². The number of thiocarbonyl (C=S) groups is 1. The van der Waals surface area contributed by atoms with E-state index in [0.717, 1.165) is 30.7 Å². The third-order valence-electron chi connectivity index (χ3n) is 3.44. The number of methoxy groups -OCH3 is 1. The van der Waals surface area contributed by atoms with Crippen LogP contribution < -0.4 is 15.8 Å². The van der Waals surface area contributed by atoms with Gasteiger partial charge in [0.15, 0.2) is 5.11 Å². The van der Waals surface area contributed by atoms with Gasteiger partial charge < -0.3 is 20.7 Å². The van der Waals surface area contributed by atoms with Gasteiger partial charge >= 0.3 is 0 Å². The topological polar surface area (TPSA) is 67.6 Å². The number of hydrogen-bond acceptors (Lipinski definition) is 3. The van der Waals surface area contributed by atoms with E-state index in [0.29, 0.717) is 11.7 Å². The van der Waals surface area contributed by atoms with E-state index in [1.54, 1.807) is 7.11 Å². The molecule has 1 aromatic carbocycles. The average Bonchev–Trinajstić information content (AvgIpc) is 2.95. The van der Waals surface area contributed by atoms with Crippen molar-refractivity contribution in [3.05, 3.63) is 29.8 Å². The Morgan fingerprint density at radius 1 is 1.50 bits per heavy atom. The summed E-state index contributed by atoms with van der Waals surface area (Å²) in [5.74, 6) is 0.515. The molecule has 1 amide bonds. The number of hydrogen-bond donors (Lipinski definition) is 2. The van der Waals surface area contributed by atoms with Crippen LogP contribution in [0.3, 0.4) is 0 Å². The number of likely N-dealkylation sites (tertiary alicyclic amines) is 1. The highest BCUT2D eigenvalue weighted by molar-refractivity contribution is 7.80. The van der Waals surface area contributed by atoms with Crippen LogP contribution in [0.2, 0.25) is 0 Å². The standard InChI is InChI=1S/C14H19N3O2S/c1-19-11-6-4-10(5-7-11)9-16-14(20)17-8-2-3-12(17)13(15)18/h4-7,12H,2-3,8-9H2,1H3,(H2,15,18)(H,16,20)/t12-/m1/s1. The Labute approximate surface area is 124 Å². The van der Waals surface area contributed by atoms with Crippen molar-refractivity contribution in [1.82, 2.24) is 10.2 Å². The van der Waals surface area contributed by atoms with E-state index in [1.165, 1.54) is 0 Å². The zero-order chi connectivity index (χ0) is 14.5. The zero-order valence-corrected chi connectivity index (χ0v) is 12.3. The lowest BCUT2D eigenvalue weighted by molar-refractivity contribution is -0.121. The molecule has 1 aliphatic heterocycles. The van der Waals surface area contributed by atoms with Gasteiger partial charge in [-0.2, -0.15) is 0 Å². The highest BCUT2D eigenvalue weighted by atomic mass is 32.1. The summed E-state index contributed by atoms with van der Waals surface area (Å²) in [7, 11) is 1.64. The maximum atomic E-state index is 11.3. The molecular weight excluding hydrogens is 274 g/mol. The summed E-state index contributed by atoms with van der Waals surface area (Å²) in [5, 5.41) is 3.76. The van der Waals surface area contributed by atoms with E-state index in [4.69, 9.17) is 22.7 Å². The number of amides is 1. The van der Waals surface area contributed by atoms with Gasteiger partial charge in [0.05, 0.1) is 7.11 Å².